The van der Waals surface area contributed by atoms with Crippen molar-refractivity contribution in [1.29, 1.82) is 0 Å². The molecule has 1 fully saturated rings. The second kappa shape index (κ2) is 15.9. The maximum absolute atomic E-state index is 5.48. The van der Waals surface area contributed by atoms with Gasteiger partial charge in [0.15, 0.2) is 0 Å². The van der Waals surface area contributed by atoms with E-state index in [1.807, 2.05) is 0 Å². The van der Waals surface area contributed by atoms with Crippen LogP contribution < -0.4 is 22.2 Å². The van der Waals surface area contributed by atoms with Gasteiger partial charge in [0, 0.05) is 36.9 Å². The Labute approximate surface area is 256 Å². The van der Waals surface area contributed by atoms with Crippen LogP contribution in [0.2, 0.25) is 5.02 Å². The molecule has 210 valence electrons. The Morgan fingerprint density at radius 2 is 1.03 bits per heavy atom. The molecule has 38 heavy (non-hydrogen) atoms. The first kappa shape index (κ1) is 34.5. The standard InChI is InChI=1S/C27H39N2.C5H4ClN.ClH.Pd/c1-18(2)22-11-9-12-23(19(3)4)26(22)28-15-16-29(17-28)27-24(20(5)6)13-10-14-25(27)21(7)8;6-5-2-1-3-7-4-5;;/h9-14,17-21H,15-16H2,1-8H3;1-4H;1H;/q-1;;;+2/p-1. The molecule has 0 spiro atoms. The number of nitrogens with zero attached hydrogens (tertiary/aromatic N) is 3. The van der Waals surface area contributed by atoms with Gasteiger partial charge in [0.05, 0.1) is 5.02 Å². The van der Waals surface area contributed by atoms with Crippen molar-refractivity contribution >= 4 is 23.0 Å². The van der Waals surface area contributed by atoms with Gasteiger partial charge in [-0.3, -0.25) is 4.98 Å². The minimum atomic E-state index is 0. The van der Waals surface area contributed by atoms with Crippen LogP contribution in [0.15, 0.2) is 60.9 Å². The fraction of sp³-hybridized carbons (Fsp3) is 0.438. The molecule has 1 aliphatic rings. The van der Waals surface area contributed by atoms with E-state index in [1.165, 1.54) is 33.6 Å². The predicted octanol–water partition coefficient (Wildman–Crippen LogP) is 6.36. The largest absolute Gasteiger partial charge is 2.00 e. The maximum atomic E-state index is 5.48. The van der Waals surface area contributed by atoms with E-state index in [9.17, 15) is 0 Å². The van der Waals surface area contributed by atoms with Gasteiger partial charge in [-0.05, 0) is 58.1 Å². The van der Waals surface area contributed by atoms with Gasteiger partial charge in [0.2, 0.25) is 0 Å². The van der Waals surface area contributed by atoms with Gasteiger partial charge in [-0.15, -0.1) is 0 Å². The molecule has 0 amide bonds. The van der Waals surface area contributed by atoms with E-state index in [-0.39, 0.29) is 32.8 Å². The number of rotatable bonds is 6. The number of aromatic nitrogens is 1. The van der Waals surface area contributed by atoms with Crippen LogP contribution >= 0.6 is 11.6 Å². The van der Waals surface area contributed by atoms with Crippen LogP contribution in [0.1, 0.15) is 101 Å². The number of halogens is 2. The first-order valence-electron chi connectivity index (χ1n) is 13.3. The van der Waals surface area contributed by atoms with E-state index in [0.29, 0.717) is 28.7 Å². The van der Waals surface area contributed by atoms with Crippen LogP contribution in [-0.2, 0) is 20.4 Å². The van der Waals surface area contributed by atoms with Crippen LogP contribution in [0.25, 0.3) is 0 Å². The average molecular weight is 647 g/mol. The summed E-state index contributed by atoms with van der Waals surface area (Å²) in [7, 11) is 0. The van der Waals surface area contributed by atoms with E-state index in [1.54, 1.807) is 24.5 Å². The molecule has 0 bridgehead atoms. The molecule has 3 nitrogen and oxygen atoms in total. The van der Waals surface area contributed by atoms with Crippen molar-refractivity contribution in [3.8, 4) is 0 Å². The van der Waals surface area contributed by atoms with Crippen LogP contribution in [0.3, 0.4) is 0 Å². The molecule has 0 N–H and O–H groups in total. The van der Waals surface area contributed by atoms with Gasteiger partial charge >= 0.3 is 20.4 Å². The third kappa shape index (κ3) is 8.46. The molecule has 1 aliphatic heterocycles. The van der Waals surface area contributed by atoms with Crippen LogP contribution in [0, 0.1) is 6.67 Å². The topological polar surface area (TPSA) is 19.4 Å². The Balaban J connectivity index is 0.000000697. The first-order chi connectivity index (χ1) is 17.1. The van der Waals surface area contributed by atoms with E-state index in [4.69, 9.17) is 11.6 Å². The zero-order chi connectivity index (χ0) is 26.4. The normalized spacial score (nSPS) is 13.0. The number of benzene rings is 2. The van der Waals surface area contributed by atoms with Gasteiger partial charge in [0.1, 0.15) is 0 Å². The molecule has 4 rings (SSSR count). The number of pyridine rings is 1. The molecule has 0 aliphatic carbocycles. The van der Waals surface area contributed by atoms with Crippen molar-refractivity contribution in [3.63, 3.8) is 0 Å². The molecule has 3 aromatic rings. The summed E-state index contributed by atoms with van der Waals surface area (Å²) in [5.41, 5.74) is 8.67. The molecule has 1 saturated heterocycles. The molecular formula is C32H43Cl2N3Pd. The van der Waals surface area contributed by atoms with Crippen molar-refractivity contribution in [2.45, 2.75) is 79.1 Å². The zero-order valence-corrected chi connectivity index (χ0v) is 27.1. The first-order valence-corrected chi connectivity index (χ1v) is 13.7. The minimum Gasteiger partial charge on any atom is -1.00 e. The quantitative estimate of drug-likeness (QED) is 0.230. The molecule has 2 aromatic carbocycles. The molecular weight excluding hydrogens is 604 g/mol. The maximum Gasteiger partial charge on any atom is 2.00 e. The summed E-state index contributed by atoms with van der Waals surface area (Å²) in [5, 5.41) is 0.683. The molecule has 1 aromatic heterocycles. The van der Waals surface area contributed by atoms with Crippen LogP contribution in [-0.4, -0.2) is 18.1 Å². The van der Waals surface area contributed by atoms with Gasteiger partial charge in [-0.25, -0.2) is 0 Å². The summed E-state index contributed by atoms with van der Waals surface area (Å²) >= 11 is 5.48. The van der Waals surface area contributed by atoms with Gasteiger partial charge < -0.3 is 22.2 Å². The third-order valence-corrected chi connectivity index (χ3v) is 6.97. The predicted molar refractivity (Wildman–Crippen MR) is 157 cm³/mol. The molecule has 0 unspecified atom stereocenters. The van der Waals surface area contributed by atoms with E-state index in [2.05, 4.69) is 113 Å². The molecule has 0 radical (unpaired) electrons. The molecule has 0 atom stereocenters. The summed E-state index contributed by atoms with van der Waals surface area (Å²) in [4.78, 5) is 8.76. The number of para-hydroxylation sites is 2. The summed E-state index contributed by atoms with van der Waals surface area (Å²) < 4.78 is 0. The zero-order valence-electron chi connectivity index (χ0n) is 24.0. The van der Waals surface area contributed by atoms with Crippen molar-refractivity contribution in [2.24, 2.45) is 0 Å². The third-order valence-electron chi connectivity index (χ3n) is 6.75. The van der Waals surface area contributed by atoms with Crippen molar-refractivity contribution in [2.75, 3.05) is 22.9 Å². The summed E-state index contributed by atoms with van der Waals surface area (Å²) in [6.07, 6.45) is 3.29. The second-order valence-electron chi connectivity index (χ2n) is 10.9. The van der Waals surface area contributed by atoms with E-state index >= 15 is 0 Å². The van der Waals surface area contributed by atoms with E-state index in [0.717, 1.165) is 13.1 Å². The summed E-state index contributed by atoms with van der Waals surface area (Å²) in [5.74, 6) is 2.06. The Morgan fingerprint density at radius 3 is 1.26 bits per heavy atom. The fourth-order valence-electron chi connectivity index (χ4n) is 4.87. The second-order valence-corrected chi connectivity index (χ2v) is 11.3. The summed E-state index contributed by atoms with van der Waals surface area (Å²) in [6, 6.07) is 17.3. The minimum absolute atomic E-state index is 0. The Hall–Kier alpha value is -1.57. The van der Waals surface area contributed by atoms with Crippen molar-refractivity contribution < 1.29 is 32.8 Å². The number of anilines is 2. The Bertz CT molecular complexity index is 995. The number of hydrogen-bond donors (Lipinski definition) is 0. The van der Waals surface area contributed by atoms with Crippen LogP contribution in [0.5, 0.6) is 0 Å². The molecule has 2 heterocycles. The fourth-order valence-corrected chi connectivity index (χ4v) is 5.00. The van der Waals surface area contributed by atoms with Gasteiger partial charge in [-0.1, -0.05) is 103 Å². The van der Waals surface area contributed by atoms with Crippen molar-refractivity contribution in [1.82, 2.24) is 4.98 Å². The Morgan fingerprint density at radius 1 is 0.658 bits per heavy atom. The Kier molecular flexibility index (Phi) is 14.4. The van der Waals surface area contributed by atoms with Gasteiger partial charge in [0.25, 0.3) is 0 Å². The average Bonchev–Trinajstić information content (AvgIpc) is 3.33. The summed E-state index contributed by atoms with van der Waals surface area (Å²) in [6.45, 7) is 22.9. The SMILES string of the molecule is CC(C)c1cccc(C(C)C)c1N1[CH-]N(c2c(C(C)C)cccc2C(C)C)CC1.Clc1cccnc1.[Cl-].[Pd+2]. The molecule has 0 saturated carbocycles. The number of hydrogen-bond acceptors (Lipinski definition) is 3. The van der Waals surface area contributed by atoms with Gasteiger partial charge in [-0.2, -0.15) is 6.67 Å². The van der Waals surface area contributed by atoms with Crippen LogP contribution in [0.4, 0.5) is 11.4 Å². The van der Waals surface area contributed by atoms with E-state index < -0.39 is 0 Å². The monoisotopic (exact) mass is 645 g/mol. The van der Waals surface area contributed by atoms with Crippen molar-refractivity contribution in [3.05, 3.63) is 94.9 Å². The smallest absolute Gasteiger partial charge is 1.00 e. The molecule has 6 heteroatoms.